The van der Waals surface area contributed by atoms with Gasteiger partial charge in [-0.05, 0) is 63.9 Å². The monoisotopic (exact) mass is 643 g/mol. The highest BCUT2D eigenvalue weighted by Crippen LogP contribution is 2.49. The Balaban J connectivity index is 1.27. The topological polar surface area (TPSA) is 16.4 Å². The fraction of sp³-hybridized carbons (Fsp3) is 0. The van der Waals surface area contributed by atoms with Crippen LogP contribution >= 0.6 is 11.3 Å². The van der Waals surface area contributed by atoms with Crippen LogP contribution < -0.4 is 4.90 Å². The van der Waals surface area contributed by atoms with Crippen molar-refractivity contribution in [3.63, 3.8) is 0 Å². The van der Waals surface area contributed by atoms with Gasteiger partial charge in [0.15, 0.2) is 5.58 Å². The third kappa shape index (κ3) is 4.47. The van der Waals surface area contributed by atoms with Crippen molar-refractivity contribution in [3.8, 4) is 22.3 Å². The Morgan fingerprint density at radius 3 is 1.82 bits per heavy atom. The van der Waals surface area contributed by atoms with Crippen LogP contribution in [0, 0.1) is 0 Å². The first-order valence-electron chi connectivity index (χ1n) is 16.6. The fourth-order valence-corrected chi connectivity index (χ4v) is 8.60. The van der Waals surface area contributed by atoms with Crippen LogP contribution in [0.2, 0.25) is 0 Å². The van der Waals surface area contributed by atoms with Gasteiger partial charge in [0.25, 0.3) is 0 Å². The first-order valence-corrected chi connectivity index (χ1v) is 17.4. The zero-order chi connectivity index (χ0) is 32.3. The summed E-state index contributed by atoms with van der Waals surface area (Å²) in [7, 11) is 0. The molecule has 0 spiro atoms. The molecule has 49 heavy (non-hydrogen) atoms. The molecule has 3 heteroatoms. The maximum absolute atomic E-state index is 7.13. The summed E-state index contributed by atoms with van der Waals surface area (Å²) in [5.41, 5.74) is 9.65. The number of hydrogen-bond donors (Lipinski definition) is 0. The number of anilines is 3. The lowest BCUT2D eigenvalue weighted by molar-refractivity contribution is 0.670. The maximum Gasteiger partial charge on any atom is 0.159 e. The first-order chi connectivity index (χ1) is 24.3. The second-order valence-electron chi connectivity index (χ2n) is 12.5. The Kier molecular flexibility index (Phi) is 6.39. The van der Waals surface area contributed by atoms with E-state index in [9.17, 15) is 0 Å². The van der Waals surface area contributed by atoms with E-state index < -0.39 is 0 Å². The molecule has 8 aromatic carbocycles. The molecule has 0 saturated carbocycles. The van der Waals surface area contributed by atoms with Crippen molar-refractivity contribution in [1.82, 2.24) is 0 Å². The highest BCUT2D eigenvalue weighted by Gasteiger charge is 2.24. The second kappa shape index (κ2) is 11.2. The van der Waals surface area contributed by atoms with Crippen molar-refractivity contribution in [2.24, 2.45) is 0 Å². The van der Waals surface area contributed by atoms with Crippen LogP contribution in [0.4, 0.5) is 17.1 Å². The van der Waals surface area contributed by atoms with Gasteiger partial charge < -0.3 is 9.32 Å². The molecule has 0 radical (unpaired) electrons. The van der Waals surface area contributed by atoms with Gasteiger partial charge in [-0.15, -0.1) is 11.3 Å². The van der Waals surface area contributed by atoms with E-state index in [0.29, 0.717) is 0 Å². The van der Waals surface area contributed by atoms with Crippen molar-refractivity contribution >= 4 is 81.3 Å². The Labute approximate surface area is 287 Å². The quantitative estimate of drug-likeness (QED) is 0.186. The Bertz CT molecular complexity index is 2810. The molecule has 0 aliphatic heterocycles. The molecule has 0 aliphatic carbocycles. The summed E-state index contributed by atoms with van der Waals surface area (Å²) in [5.74, 6) is 0. The summed E-state index contributed by atoms with van der Waals surface area (Å²) >= 11 is 1.85. The van der Waals surface area contributed by atoms with Crippen LogP contribution in [0.1, 0.15) is 0 Å². The van der Waals surface area contributed by atoms with Gasteiger partial charge >= 0.3 is 0 Å². The molecular formula is C46H29NOS. The normalized spacial score (nSPS) is 11.7. The average Bonchev–Trinajstić information content (AvgIpc) is 3.74. The maximum atomic E-state index is 7.13. The van der Waals surface area contributed by atoms with Crippen molar-refractivity contribution in [1.29, 1.82) is 0 Å². The third-order valence-corrected chi connectivity index (χ3v) is 10.9. The predicted molar refractivity (Wildman–Crippen MR) is 210 cm³/mol. The highest BCUT2D eigenvalue weighted by atomic mass is 32.1. The lowest BCUT2D eigenvalue weighted by Gasteiger charge is -2.26. The Hall–Kier alpha value is -6.16. The zero-order valence-corrected chi connectivity index (χ0v) is 27.3. The number of para-hydroxylation sites is 1. The minimum atomic E-state index is 0.871. The van der Waals surface area contributed by atoms with Crippen LogP contribution in [0.5, 0.6) is 0 Å². The first kappa shape index (κ1) is 27.9. The Morgan fingerprint density at radius 1 is 0.408 bits per heavy atom. The average molecular weight is 644 g/mol. The minimum absolute atomic E-state index is 0.871. The summed E-state index contributed by atoms with van der Waals surface area (Å²) in [6.45, 7) is 0. The van der Waals surface area contributed by atoms with Gasteiger partial charge in [0, 0.05) is 37.5 Å². The molecule has 0 aliphatic rings. The summed E-state index contributed by atoms with van der Waals surface area (Å²) in [6.07, 6.45) is 0. The van der Waals surface area contributed by atoms with Gasteiger partial charge in [-0.25, -0.2) is 0 Å². The number of rotatable bonds is 5. The van der Waals surface area contributed by atoms with Crippen molar-refractivity contribution < 1.29 is 4.42 Å². The summed E-state index contributed by atoms with van der Waals surface area (Å²) < 4.78 is 9.66. The second-order valence-corrected chi connectivity index (χ2v) is 13.5. The van der Waals surface area contributed by atoms with Crippen molar-refractivity contribution in [2.45, 2.75) is 0 Å². The van der Waals surface area contributed by atoms with Gasteiger partial charge in [0.2, 0.25) is 0 Å². The number of thiophene rings is 1. The SMILES string of the molecule is c1ccc(-c2ccc(N(c3cccc4c3oc3c(-c5ccccc5)c5ccccc5cc34)c3cccc4c3sc3ccccc34)cc2)cc1. The number of benzene rings is 8. The molecular weight excluding hydrogens is 615 g/mol. The number of fused-ring (bicyclic) bond motifs is 7. The van der Waals surface area contributed by atoms with Crippen LogP contribution in [0.25, 0.3) is 75.1 Å². The third-order valence-electron chi connectivity index (χ3n) is 9.65. The number of nitrogens with zero attached hydrogens (tertiary/aromatic N) is 1. The molecule has 2 aromatic heterocycles. The van der Waals surface area contributed by atoms with Crippen molar-refractivity contribution in [3.05, 3.63) is 176 Å². The molecule has 0 unspecified atom stereocenters. The Morgan fingerprint density at radius 2 is 1.02 bits per heavy atom. The predicted octanol–water partition coefficient (Wildman–Crippen LogP) is 13.9. The smallest absolute Gasteiger partial charge is 0.159 e. The van der Waals surface area contributed by atoms with E-state index in [2.05, 4.69) is 181 Å². The lowest BCUT2D eigenvalue weighted by atomic mass is 9.95. The molecule has 0 N–H and O–H groups in total. The molecule has 0 fully saturated rings. The zero-order valence-electron chi connectivity index (χ0n) is 26.5. The molecule has 10 aromatic rings. The van der Waals surface area contributed by atoms with Crippen LogP contribution in [0.3, 0.4) is 0 Å². The standard InChI is InChI=1S/C46H29NOS/c1-3-13-30(14-4-1)31-25-27-34(28-26-31)47(41-23-12-21-38-36-19-9-10-24-42(36)49-46(38)41)40-22-11-20-37-39-29-33-17-7-8-18-35(33)43(45(39)48-44(37)40)32-15-5-2-6-16-32/h1-29H. The van der Waals surface area contributed by atoms with Gasteiger partial charge in [0.05, 0.1) is 16.1 Å². The van der Waals surface area contributed by atoms with Crippen LogP contribution in [-0.4, -0.2) is 0 Å². The van der Waals surface area contributed by atoms with E-state index in [4.69, 9.17) is 4.42 Å². The molecule has 10 rings (SSSR count). The van der Waals surface area contributed by atoms with E-state index >= 15 is 0 Å². The van der Waals surface area contributed by atoms with E-state index in [1.54, 1.807) is 0 Å². The van der Waals surface area contributed by atoms with Gasteiger partial charge in [-0.2, -0.15) is 0 Å². The molecule has 2 heterocycles. The molecule has 230 valence electrons. The van der Waals surface area contributed by atoms with Gasteiger partial charge in [-0.3, -0.25) is 0 Å². The molecule has 0 bridgehead atoms. The van der Waals surface area contributed by atoms with Gasteiger partial charge in [0.1, 0.15) is 5.58 Å². The largest absolute Gasteiger partial charge is 0.453 e. The van der Waals surface area contributed by atoms with Crippen LogP contribution in [-0.2, 0) is 0 Å². The highest BCUT2D eigenvalue weighted by molar-refractivity contribution is 7.26. The van der Waals surface area contributed by atoms with E-state index in [1.807, 2.05) is 11.3 Å². The minimum Gasteiger partial charge on any atom is -0.453 e. The molecule has 0 atom stereocenters. The van der Waals surface area contributed by atoms with Crippen molar-refractivity contribution in [2.75, 3.05) is 4.90 Å². The van der Waals surface area contributed by atoms with Crippen LogP contribution in [0.15, 0.2) is 180 Å². The van der Waals surface area contributed by atoms with E-state index in [0.717, 1.165) is 50.1 Å². The molecule has 0 saturated heterocycles. The summed E-state index contributed by atoms with van der Waals surface area (Å²) in [6, 6.07) is 63.0. The van der Waals surface area contributed by atoms with Gasteiger partial charge in [-0.1, -0.05) is 140 Å². The van der Waals surface area contributed by atoms with E-state index in [-0.39, 0.29) is 0 Å². The number of furan rings is 1. The molecule has 2 nitrogen and oxygen atoms in total. The molecule has 0 amide bonds. The lowest BCUT2D eigenvalue weighted by Crippen LogP contribution is -2.10. The fourth-order valence-electron chi connectivity index (χ4n) is 7.40. The number of hydrogen-bond acceptors (Lipinski definition) is 3. The summed E-state index contributed by atoms with van der Waals surface area (Å²) in [5, 5.41) is 7.15. The van der Waals surface area contributed by atoms with E-state index in [1.165, 1.54) is 42.1 Å². The summed E-state index contributed by atoms with van der Waals surface area (Å²) in [4.78, 5) is 2.39.